The largest absolute Gasteiger partial charge is 0.297 e. The number of thiazole rings is 1. The minimum Gasteiger partial charge on any atom is -0.297 e. The zero-order valence-electron chi connectivity index (χ0n) is 12.1. The fourth-order valence-corrected chi connectivity index (χ4v) is 4.18. The van der Waals surface area contributed by atoms with Crippen LogP contribution in [0.25, 0.3) is 11.3 Å². The lowest BCUT2D eigenvalue weighted by molar-refractivity contribution is 0.102. The molecule has 1 amide bonds. The first-order valence-electron chi connectivity index (χ1n) is 7.31. The molecule has 3 aromatic rings. The predicted octanol–water partition coefficient (Wildman–Crippen LogP) is 5.65. The van der Waals surface area contributed by atoms with E-state index in [0.717, 1.165) is 16.1 Å². The van der Waals surface area contributed by atoms with Gasteiger partial charge >= 0.3 is 0 Å². The highest BCUT2D eigenvalue weighted by Gasteiger charge is 2.29. The Morgan fingerprint density at radius 2 is 1.96 bits per heavy atom. The molecule has 1 aromatic carbocycles. The van der Waals surface area contributed by atoms with Crippen molar-refractivity contribution < 1.29 is 4.79 Å². The van der Waals surface area contributed by atoms with Crippen molar-refractivity contribution in [3.63, 3.8) is 0 Å². The third-order valence-corrected chi connectivity index (χ3v) is 5.72. The first-order valence-corrected chi connectivity index (χ1v) is 9.44. The number of rotatable bonds is 4. The molecule has 0 aliphatic heterocycles. The number of benzene rings is 1. The van der Waals surface area contributed by atoms with Gasteiger partial charge in [-0.3, -0.25) is 10.1 Å². The van der Waals surface area contributed by atoms with Crippen LogP contribution < -0.4 is 5.32 Å². The van der Waals surface area contributed by atoms with Crippen LogP contribution in [-0.4, -0.2) is 10.9 Å². The Hall–Kier alpha value is -1.69. The molecule has 1 aliphatic rings. The molecule has 0 bridgehead atoms. The van der Waals surface area contributed by atoms with E-state index in [0.29, 0.717) is 16.1 Å². The summed E-state index contributed by atoms with van der Waals surface area (Å²) in [4.78, 5) is 17.8. The van der Waals surface area contributed by atoms with Gasteiger partial charge in [-0.1, -0.05) is 23.7 Å². The number of anilines is 1. The van der Waals surface area contributed by atoms with E-state index in [9.17, 15) is 4.79 Å². The summed E-state index contributed by atoms with van der Waals surface area (Å²) in [5, 5.41) is 8.17. The fourth-order valence-electron chi connectivity index (χ4n) is 2.46. The molecule has 2 aromatic heterocycles. The van der Waals surface area contributed by atoms with E-state index in [4.69, 9.17) is 11.6 Å². The number of hydrogen-bond acceptors (Lipinski definition) is 4. The second-order valence-electron chi connectivity index (χ2n) is 5.48. The molecule has 23 heavy (non-hydrogen) atoms. The Morgan fingerprint density at radius 1 is 1.17 bits per heavy atom. The summed E-state index contributed by atoms with van der Waals surface area (Å²) >= 11 is 8.83. The quantitative estimate of drug-likeness (QED) is 0.652. The third-order valence-electron chi connectivity index (χ3n) is 3.78. The van der Waals surface area contributed by atoms with Gasteiger partial charge in [-0.25, -0.2) is 4.98 Å². The molecule has 1 saturated carbocycles. The SMILES string of the molecule is O=C(Nc1nc(-c2ccc(Cl)cc2)cs1)c1sccc1C1CC1. The van der Waals surface area contributed by atoms with Gasteiger partial charge in [-0.15, -0.1) is 22.7 Å². The molecular formula is C17H13ClN2OS2. The standard InChI is InChI=1S/C17H13ClN2OS2/c18-12-5-3-11(4-6-12)14-9-23-17(19-14)20-16(21)15-13(7-8-22-15)10-1-2-10/h3-10H,1-2H2,(H,19,20,21). The van der Waals surface area contributed by atoms with Crippen LogP contribution in [0.3, 0.4) is 0 Å². The van der Waals surface area contributed by atoms with Crippen molar-refractivity contribution in [3.8, 4) is 11.3 Å². The van der Waals surface area contributed by atoms with Gasteiger partial charge in [0.05, 0.1) is 10.6 Å². The number of carbonyl (C=O) groups excluding carboxylic acids is 1. The minimum atomic E-state index is -0.0566. The van der Waals surface area contributed by atoms with E-state index in [-0.39, 0.29) is 5.91 Å². The van der Waals surface area contributed by atoms with Crippen molar-refractivity contribution in [1.82, 2.24) is 4.98 Å². The molecule has 6 heteroatoms. The highest BCUT2D eigenvalue weighted by molar-refractivity contribution is 7.14. The number of hydrogen-bond donors (Lipinski definition) is 1. The molecule has 1 N–H and O–H groups in total. The highest BCUT2D eigenvalue weighted by atomic mass is 35.5. The van der Waals surface area contributed by atoms with Crippen LogP contribution in [0.15, 0.2) is 41.1 Å². The molecule has 2 heterocycles. The van der Waals surface area contributed by atoms with Crippen molar-refractivity contribution in [3.05, 3.63) is 56.6 Å². The van der Waals surface area contributed by atoms with Crippen molar-refractivity contribution in [2.75, 3.05) is 5.32 Å². The molecule has 1 aliphatic carbocycles. The average Bonchev–Trinajstić information content (AvgIpc) is 3.09. The molecule has 0 spiro atoms. The number of halogens is 1. The van der Waals surface area contributed by atoms with Crippen molar-refractivity contribution in [2.45, 2.75) is 18.8 Å². The van der Waals surface area contributed by atoms with Crippen LogP contribution in [0.1, 0.15) is 34.0 Å². The number of nitrogens with zero attached hydrogens (tertiary/aromatic N) is 1. The lowest BCUT2D eigenvalue weighted by Crippen LogP contribution is -2.11. The lowest BCUT2D eigenvalue weighted by atomic mass is 10.1. The van der Waals surface area contributed by atoms with E-state index in [1.165, 1.54) is 41.1 Å². The smallest absolute Gasteiger partial charge is 0.267 e. The van der Waals surface area contributed by atoms with Crippen molar-refractivity contribution in [2.24, 2.45) is 0 Å². The van der Waals surface area contributed by atoms with Gasteiger partial charge in [0.15, 0.2) is 5.13 Å². The third kappa shape index (κ3) is 3.17. The number of aromatic nitrogens is 1. The Morgan fingerprint density at radius 3 is 2.70 bits per heavy atom. The maximum absolute atomic E-state index is 12.5. The van der Waals surface area contributed by atoms with Crippen LogP contribution in [0.2, 0.25) is 5.02 Å². The summed E-state index contributed by atoms with van der Waals surface area (Å²) in [6.07, 6.45) is 2.38. The van der Waals surface area contributed by atoms with Crippen LogP contribution in [0.4, 0.5) is 5.13 Å². The zero-order chi connectivity index (χ0) is 15.8. The molecular weight excluding hydrogens is 348 g/mol. The Balaban J connectivity index is 1.52. The summed E-state index contributed by atoms with van der Waals surface area (Å²) in [6, 6.07) is 9.59. The Bertz CT molecular complexity index is 850. The molecule has 0 radical (unpaired) electrons. The van der Waals surface area contributed by atoms with Crippen molar-refractivity contribution in [1.29, 1.82) is 0 Å². The minimum absolute atomic E-state index is 0.0566. The van der Waals surface area contributed by atoms with Gasteiger partial charge in [0.1, 0.15) is 0 Å². The zero-order valence-corrected chi connectivity index (χ0v) is 14.5. The van der Waals surface area contributed by atoms with Gasteiger partial charge in [0.25, 0.3) is 5.91 Å². The maximum atomic E-state index is 12.5. The molecule has 116 valence electrons. The molecule has 0 unspecified atom stereocenters. The predicted molar refractivity (Wildman–Crippen MR) is 96.8 cm³/mol. The second-order valence-corrected chi connectivity index (χ2v) is 7.69. The normalized spacial score (nSPS) is 14.0. The molecule has 3 nitrogen and oxygen atoms in total. The topological polar surface area (TPSA) is 42.0 Å². The van der Waals surface area contributed by atoms with E-state index in [1.807, 2.05) is 35.0 Å². The van der Waals surface area contributed by atoms with Crippen LogP contribution >= 0.6 is 34.3 Å². The molecule has 0 saturated heterocycles. The monoisotopic (exact) mass is 360 g/mol. The van der Waals surface area contributed by atoms with Crippen LogP contribution in [-0.2, 0) is 0 Å². The van der Waals surface area contributed by atoms with Gasteiger partial charge in [0.2, 0.25) is 0 Å². The molecule has 4 rings (SSSR count). The Kier molecular flexibility index (Phi) is 3.93. The Labute approximate surface area is 147 Å². The van der Waals surface area contributed by atoms with Gasteiger partial charge in [0, 0.05) is 16.0 Å². The highest BCUT2D eigenvalue weighted by Crippen LogP contribution is 2.43. The van der Waals surface area contributed by atoms with E-state index in [2.05, 4.69) is 16.4 Å². The molecule has 1 fully saturated rings. The van der Waals surface area contributed by atoms with Gasteiger partial charge < -0.3 is 0 Å². The lowest BCUT2D eigenvalue weighted by Gasteiger charge is -2.02. The summed E-state index contributed by atoms with van der Waals surface area (Å²) in [6.45, 7) is 0. The summed E-state index contributed by atoms with van der Waals surface area (Å²) in [5.74, 6) is 0.516. The van der Waals surface area contributed by atoms with Gasteiger partial charge in [-0.05, 0) is 47.9 Å². The first-order chi connectivity index (χ1) is 11.2. The second kappa shape index (κ2) is 6.07. The summed E-state index contributed by atoms with van der Waals surface area (Å²) in [5.41, 5.74) is 3.01. The fraction of sp³-hybridized carbons (Fsp3) is 0.176. The maximum Gasteiger partial charge on any atom is 0.267 e. The molecule has 0 atom stereocenters. The number of nitrogens with one attached hydrogen (secondary N) is 1. The van der Waals surface area contributed by atoms with E-state index >= 15 is 0 Å². The average molecular weight is 361 g/mol. The number of amides is 1. The van der Waals surface area contributed by atoms with Gasteiger partial charge in [-0.2, -0.15) is 0 Å². The van der Waals surface area contributed by atoms with Crippen molar-refractivity contribution >= 4 is 45.3 Å². The number of thiophene rings is 1. The summed E-state index contributed by atoms with van der Waals surface area (Å²) in [7, 11) is 0. The number of carbonyl (C=O) groups is 1. The van der Waals surface area contributed by atoms with E-state index in [1.54, 1.807) is 0 Å². The van der Waals surface area contributed by atoms with Crippen LogP contribution in [0.5, 0.6) is 0 Å². The first kappa shape index (κ1) is 14.9. The van der Waals surface area contributed by atoms with Crippen LogP contribution in [0, 0.1) is 0 Å². The van der Waals surface area contributed by atoms with E-state index < -0.39 is 0 Å². The summed E-state index contributed by atoms with van der Waals surface area (Å²) < 4.78 is 0.